The molecule has 1 amide bonds. The summed E-state index contributed by atoms with van der Waals surface area (Å²) in [6.45, 7) is 8.52. The highest BCUT2D eigenvalue weighted by Crippen LogP contribution is 2.33. The maximum atomic E-state index is 12.9. The molecular formula is C22H29N3O5S. The third-order valence-electron chi connectivity index (χ3n) is 6.54. The van der Waals surface area contributed by atoms with Crippen LogP contribution in [0.15, 0.2) is 11.1 Å². The molecule has 2 fully saturated rings. The minimum absolute atomic E-state index is 0.0914. The van der Waals surface area contributed by atoms with Gasteiger partial charge in [0, 0.05) is 30.8 Å². The Morgan fingerprint density at radius 3 is 2.58 bits per heavy atom. The van der Waals surface area contributed by atoms with Gasteiger partial charge in [-0.1, -0.05) is 0 Å². The first-order valence-electron chi connectivity index (χ1n) is 10.7. The number of nitrogens with zero attached hydrogens (tertiary/aromatic N) is 3. The number of carbonyl (C=O) groups excluding carboxylic acids is 2. The van der Waals surface area contributed by atoms with Crippen LogP contribution in [0.2, 0.25) is 0 Å². The number of esters is 1. The van der Waals surface area contributed by atoms with Crippen molar-refractivity contribution in [3.05, 3.63) is 27.1 Å². The van der Waals surface area contributed by atoms with Gasteiger partial charge in [-0.15, -0.1) is 11.3 Å². The number of fused-ring (bicyclic) bond motifs is 1. The number of carbonyl (C=O) groups is 2. The fourth-order valence-corrected chi connectivity index (χ4v) is 5.59. The third-order valence-corrected chi connectivity index (χ3v) is 7.65. The number of thiophene rings is 1. The molecule has 0 spiro atoms. The Morgan fingerprint density at radius 2 is 1.97 bits per heavy atom. The van der Waals surface area contributed by atoms with E-state index >= 15 is 0 Å². The van der Waals surface area contributed by atoms with Gasteiger partial charge in [0.25, 0.3) is 5.56 Å². The molecular weight excluding hydrogens is 418 g/mol. The summed E-state index contributed by atoms with van der Waals surface area (Å²) < 4.78 is 6.80. The quantitative estimate of drug-likeness (QED) is 0.721. The van der Waals surface area contributed by atoms with Crippen molar-refractivity contribution in [1.29, 1.82) is 0 Å². The van der Waals surface area contributed by atoms with Crippen LogP contribution in [0.3, 0.4) is 0 Å². The van der Waals surface area contributed by atoms with E-state index in [0.29, 0.717) is 37.7 Å². The highest BCUT2D eigenvalue weighted by molar-refractivity contribution is 7.18. The number of likely N-dealkylation sites (tertiary alicyclic amines) is 1. The molecule has 2 aromatic heterocycles. The second kappa shape index (κ2) is 7.70. The zero-order chi connectivity index (χ0) is 22.6. The van der Waals surface area contributed by atoms with Crippen molar-refractivity contribution in [2.45, 2.75) is 71.1 Å². The van der Waals surface area contributed by atoms with Crippen LogP contribution in [0.25, 0.3) is 10.2 Å². The van der Waals surface area contributed by atoms with Crippen molar-refractivity contribution in [2.24, 2.45) is 5.92 Å². The average Bonchev–Trinajstić information content (AvgIpc) is 3.12. The lowest BCUT2D eigenvalue weighted by Crippen LogP contribution is -2.50. The van der Waals surface area contributed by atoms with Gasteiger partial charge in [-0.05, 0) is 46.1 Å². The van der Waals surface area contributed by atoms with Gasteiger partial charge in [0.1, 0.15) is 10.4 Å². The number of ether oxygens (including phenoxy) is 1. The summed E-state index contributed by atoms with van der Waals surface area (Å²) in [5.41, 5.74) is -0.802. The largest absolute Gasteiger partial charge is 0.459 e. The fraction of sp³-hybridized carbons (Fsp3) is 0.636. The molecule has 2 aliphatic heterocycles. The van der Waals surface area contributed by atoms with Crippen LogP contribution < -0.4 is 5.56 Å². The molecule has 2 aromatic rings. The number of hydrogen-bond donors (Lipinski definition) is 1. The van der Waals surface area contributed by atoms with E-state index in [1.54, 1.807) is 4.90 Å². The molecule has 1 unspecified atom stereocenters. The molecule has 8 nitrogen and oxygen atoms in total. The molecule has 2 saturated heterocycles. The van der Waals surface area contributed by atoms with E-state index in [1.807, 2.05) is 27.7 Å². The summed E-state index contributed by atoms with van der Waals surface area (Å²) >= 11 is 1.50. The highest BCUT2D eigenvalue weighted by atomic mass is 32.1. The molecule has 0 radical (unpaired) electrons. The Kier molecular flexibility index (Phi) is 5.46. The van der Waals surface area contributed by atoms with Crippen molar-refractivity contribution >= 4 is 33.4 Å². The zero-order valence-electron chi connectivity index (χ0n) is 18.4. The summed E-state index contributed by atoms with van der Waals surface area (Å²) in [5.74, 6) is -0.809. The van der Waals surface area contributed by atoms with Crippen LogP contribution in [0.5, 0.6) is 0 Å². The van der Waals surface area contributed by atoms with Crippen LogP contribution in [-0.4, -0.2) is 55.7 Å². The second-order valence-electron chi connectivity index (χ2n) is 9.53. The minimum atomic E-state index is -1.08. The van der Waals surface area contributed by atoms with E-state index in [2.05, 4.69) is 4.98 Å². The lowest BCUT2D eigenvalue weighted by atomic mass is 9.90. The first-order valence-corrected chi connectivity index (χ1v) is 11.5. The number of cyclic esters (lactones) is 1. The first-order chi connectivity index (χ1) is 14.5. The topological polar surface area (TPSA) is 102 Å². The van der Waals surface area contributed by atoms with Gasteiger partial charge in [-0.25, -0.2) is 4.98 Å². The Hall–Kier alpha value is -2.26. The molecule has 168 valence electrons. The molecule has 2 aliphatic rings. The van der Waals surface area contributed by atoms with Gasteiger partial charge >= 0.3 is 5.97 Å². The molecule has 1 atom stereocenters. The zero-order valence-corrected chi connectivity index (χ0v) is 19.3. The number of hydrogen-bond acceptors (Lipinski definition) is 7. The van der Waals surface area contributed by atoms with Crippen LogP contribution in [0, 0.1) is 19.8 Å². The van der Waals surface area contributed by atoms with Gasteiger partial charge in [-0.2, -0.15) is 0 Å². The van der Waals surface area contributed by atoms with Crippen LogP contribution in [-0.2, 0) is 20.9 Å². The molecule has 0 bridgehead atoms. The van der Waals surface area contributed by atoms with Crippen molar-refractivity contribution in [3.63, 3.8) is 0 Å². The van der Waals surface area contributed by atoms with E-state index < -0.39 is 17.1 Å². The Labute approximate surface area is 184 Å². The van der Waals surface area contributed by atoms with E-state index in [4.69, 9.17) is 4.74 Å². The maximum Gasteiger partial charge on any atom is 0.310 e. The number of amides is 1. The highest BCUT2D eigenvalue weighted by Gasteiger charge is 2.42. The van der Waals surface area contributed by atoms with Crippen molar-refractivity contribution in [2.75, 3.05) is 13.1 Å². The molecule has 4 heterocycles. The average molecular weight is 448 g/mol. The lowest BCUT2D eigenvalue weighted by Gasteiger charge is -2.38. The van der Waals surface area contributed by atoms with E-state index in [0.717, 1.165) is 15.3 Å². The van der Waals surface area contributed by atoms with Gasteiger partial charge in [0.05, 0.1) is 29.8 Å². The number of aromatic nitrogens is 2. The monoisotopic (exact) mass is 447 g/mol. The predicted octanol–water partition coefficient (Wildman–Crippen LogP) is 2.16. The summed E-state index contributed by atoms with van der Waals surface area (Å²) in [5, 5.41) is 11.7. The maximum absolute atomic E-state index is 12.9. The summed E-state index contributed by atoms with van der Waals surface area (Å²) in [4.78, 5) is 45.5. The van der Waals surface area contributed by atoms with Crippen LogP contribution >= 0.6 is 11.3 Å². The minimum Gasteiger partial charge on any atom is -0.459 e. The number of aliphatic hydroxyl groups is 1. The molecule has 4 rings (SSSR count). The summed E-state index contributed by atoms with van der Waals surface area (Å²) in [6, 6.07) is 0. The van der Waals surface area contributed by atoms with Crippen LogP contribution in [0.1, 0.15) is 50.0 Å². The normalized spacial score (nSPS) is 22.7. The summed E-state index contributed by atoms with van der Waals surface area (Å²) in [7, 11) is 0. The predicted molar refractivity (Wildman–Crippen MR) is 117 cm³/mol. The fourth-order valence-electron chi connectivity index (χ4n) is 4.60. The van der Waals surface area contributed by atoms with Crippen molar-refractivity contribution in [3.8, 4) is 0 Å². The van der Waals surface area contributed by atoms with Crippen molar-refractivity contribution in [1.82, 2.24) is 14.5 Å². The number of piperidine rings is 1. The van der Waals surface area contributed by atoms with Gasteiger partial charge in [0.15, 0.2) is 0 Å². The molecule has 1 N–H and O–H groups in total. The van der Waals surface area contributed by atoms with E-state index in [1.165, 1.54) is 22.2 Å². The van der Waals surface area contributed by atoms with Crippen molar-refractivity contribution < 1.29 is 19.4 Å². The Balaban J connectivity index is 1.40. The SMILES string of the molecule is Cc1sc2ncn(CC3(O)CCN(C(=O)CC4CC(C)(C)OC4=O)CC3)c(=O)c2c1C. The molecule has 0 aliphatic carbocycles. The molecule has 31 heavy (non-hydrogen) atoms. The van der Waals surface area contributed by atoms with E-state index in [-0.39, 0.29) is 30.4 Å². The number of rotatable bonds is 4. The van der Waals surface area contributed by atoms with Gasteiger partial charge in [0.2, 0.25) is 5.91 Å². The molecule has 9 heteroatoms. The second-order valence-corrected chi connectivity index (χ2v) is 10.7. The third kappa shape index (κ3) is 4.25. The van der Waals surface area contributed by atoms with Gasteiger partial charge < -0.3 is 14.7 Å². The Morgan fingerprint density at radius 1 is 1.29 bits per heavy atom. The molecule has 0 aromatic carbocycles. The summed E-state index contributed by atoms with van der Waals surface area (Å²) in [6.07, 6.45) is 2.91. The molecule has 0 saturated carbocycles. The van der Waals surface area contributed by atoms with E-state index in [9.17, 15) is 19.5 Å². The van der Waals surface area contributed by atoms with Gasteiger partial charge in [-0.3, -0.25) is 19.0 Å². The number of aryl methyl sites for hydroxylation is 2. The smallest absolute Gasteiger partial charge is 0.310 e. The first kappa shape index (κ1) is 22.0. The van der Waals surface area contributed by atoms with Crippen LogP contribution in [0.4, 0.5) is 0 Å². The Bertz CT molecular complexity index is 1090. The lowest BCUT2D eigenvalue weighted by molar-refractivity contribution is -0.151. The standard InChI is InChI=1S/C22H29N3O5S/c1-13-14(2)31-18-17(13)19(27)25(12-23-18)11-22(29)5-7-24(8-6-22)16(26)9-15-10-21(3,4)30-20(15)28/h12,15,29H,5-11H2,1-4H3.